The molecule has 0 spiro atoms. The molecule has 0 bridgehead atoms. The summed E-state index contributed by atoms with van der Waals surface area (Å²) in [5.74, 6) is -0.359. The van der Waals surface area contributed by atoms with Crippen molar-refractivity contribution in [3.63, 3.8) is 0 Å². The van der Waals surface area contributed by atoms with Gasteiger partial charge in [-0.15, -0.1) is 0 Å². The average Bonchev–Trinajstić information content (AvgIpc) is 3.96. The topological polar surface area (TPSA) is 239 Å². The van der Waals surface area contributed by atoms with Crippen LogP contribution in [-0.4, -0.2) is 69.9 Å². The summed E-state index contributed by atoms with van der Waals surface area (Å²) in [4.78, 5) is 55.8. The number of benzene rings is 3. The third-order valence-electron chi connectivity index (χ3n) is 9.47. The molecule has 0 aliphatic rings. The molecule has 8 N–H and O–H groups in total. The Morgan fingerprint density at radius 2 is 1.62 bits per heavy atom. The Labute approximate surface area is 322 Å². The third-order valence-corrected chi connectivity index (χ3v) is 9.47. The van der Waals surface area contributed by atoms with Gasteiger partial charge in [0.2, 0.25) is 17.7 Å². The van der Waals surface area contributed by atoms with Gasteiger partial charge in [-0.05, 0) is 72.2 Å². The fourth-order valence-electron chi connectivity index (χ4n) is 6.58. The number of nitrogens with zero attached hydrogens (tertiary/aromatic N) is 5. The lowest BCUT2D eigenvalue weighted by atomic mass is 9.95. The van der Waals surface area contributed by atoms with E-state index in [2.05, 4.69) is 41.0 Å². The number of carbonyl (C=O) groups excluding carboxylic acids is 2. The van der Waals surface area contributed by atoms with Gasteiger partial charge in [0, 0.05) is 44.4 Å². The maximum Gasteiger partial charge on any atom is 0.405 e. The monoisotopic (exact) mass is 760 g/mol. The van der Waals surface area contributed by atoms with E-state index in [1.807, 2.05) is 54.6 Å². The Balaban J connectivity index is 1.22. The number of imidazole rings is 2. The first-order valence-corrected chi connectivity index (χ1v) is 18.1. The van der Waals surface area contributed by atoms with Crippen LogP contribution in [-0.2, 0) is 35.4 Å². The Morgan fingerprint density at radius 3 is 2.29 bits per heavy atom. The number of aromatic nitrogens is 6. The predicted molar refractivity (Wildman–Crippen MR) is 206 cm³/mol. The molecule has 3 atom stereocenters. The SMILES string of the molecule is Cc1cc(O)cc(C)c1CC(NC(=O)C(CCCn1ccnc1N)NC(=O)O)C(=O)NC(Cc1c[nH]cn1)c1nc(Cc2ccc(-c3ccccc3)cc2)no1. The number of H-pyrrole nitrogens is 1. The number of amides is 3. The van der Waals surface area contributed by atoms with Crippen molar-refractivity contribution in [2.75, 3.05) is 5.73 Å². The molecular weight excluding hydrogens is 717 g/mol. The van der Waals surface area contributed by atoms with Crippen molar-refractivity contribution >= 4 is 23.9 Å². The van der Waals surface area contributed by atoms with E-state index in [0.29, 0.717) is 48.0 Å². The molecule has 3 aromatic carbocycles. The number of hydrogen-bond donors (Lipinski definition) is 7. The minimum absolute atomic E-state index is 0.0318. The number of aromatic hydroxyl groups is 1. The van der Waals surface area contributed by atoms with Crippen LogP contribution in [0.5, 0.6) is 5.75 Å². The Morgan fingerprint density at radius 1 is 0.911 bits per heavy atom. The lowest BCUT2D eigenvalue weighted by molar-refractivity contribution is -0.130. The van der Waals surface area contributed by atoms with Crippen molar-refractivity contribution in [3.8, 4) is 16.9 Å². The zero-order chi connectivity index (χ0) is 39.6. The van der Waals surface area contributed by atoms with Gasteiger partial charge in [0.1, 0.15) is 23.9 Å². The maximum atomic E-state index is 14.3. The highest BCUT2D eigenvalue weighted by molar-refractivity contribution is 5.91. The molecule has 0 aliphatic carbocycles. The highest BCUT2D eigenvalue weighted by atomic mass is 16.5. The van der Waals surface area contributed by atoms with Gasteiger partial charge < -0.3 is 46.0 Å². The van der Waals surface area contributed by atoms with E-state index in [1.54, 1.807) is 49.1 Å². The molecule has 56 heavy (non-hydrogen) atoms. The number of phenols is 1. The second-order valence-corrected chi connectivity index (χ2v) is 13.6. The number of aromatic amines is 1. The minimum atomic E-state index is -1.39. The number of phenolic OH excluding ortho intramolecular Hbond substituents is 1. The van der Waals surface area contributed by atoms with Crippen LogP contribution in [0.3, 0.4) is 0 Å². The molecule has 0 saturated heterocycles. The van der Waals surface area contributed by atoms with Gasteiger partial charge >= 0.3 is 6.09 Å². The van der Waals surface area contributed by atoms with Crippen LogP contribution in [0.2, 0.25) is 0 Å². The Bertz CT molecular complexity index is 2210. The van der Waals surface area contributed by atoms with Crippen LogP contribution >= 0.6 is 0 Å². The molecule has 3 amide bonds. The summed E-state index contributed by atoms with van der Waals surface area (Å²) in [5, 5.41) is 32.1. The number of rotatable bonds is 17. The molecule has 6 aromatic rings. The van der Waals surface area contributed by atoms with Gasteiger partial charge in [-0.2, -0.15) is 4.98 Å². The molecule has 16 heteroatoms. The lowest BCUT2D eigenvalue weighted by Gasteiger charge is -2.25. The van der Waals surface area contributed by atoms with Crippen LogP contribution in [0.15, 0.2) is 96.2 Å². The van der Waals surface area contributed by atoms with Gasteiger partial charge in [0.25, 0.3) is 0 Å². The fraction of sp³-hybridized carbons (Fsp3) is 0.275. The van der Waals surface area contributed by atoms with Gasteiger partial charge in [0.05, 0.1) is 12.0 Å². The van der Waals surface area contributed by atoms with E-state index in [1.165, 1.54) is 6.33 Å². The minimum Gasteiger partial charge on any atom is -0.508 e. The zero-order valence-electron chi connectivity index (χ0n) is 31.0. The first-order valence-electron chi connectivity index (χ1n) is 18.1. The van der Waals surface area contributed by atoms with Gasteiger partial charge in [0.15, 0.2) is 11.8 Å². The van der Waals surface area contributed by atoms with Crippen LogP contribution in [0, 0.1) is 13.8 Å². The zero-order valence-corrected chi connectivity index (χ0v) is 31.0. The van der Waals surface area contributed by atoms with Gasteiger partial charge in [-0.3, -0.25) is 9.59 Å². The van der Waals surface area contributed by atoms with Crippen molar-refractivity contribution in [3.05, 3.63) is 131 Å². The number of nitrogens with one attached hydrogen (secondary N) is 4. The molecule has 0 radical (unpaired) electrons. The smallest absolute Gasteiger partial charge is 0.405 e. The average molecular weight is 761 g/mol. The summed E-state index contributed by atoms with van der Waals surface area (Å²) in [6, 6.07) is 18.0. The summed E-state index contributed by atoms with van der Waals surface area (Å²) < 4.78 is 7.40. The molecule has 3 heterocycles. The van der Waals surface area contributed by atoms with Crippen LogP contribution in [0.4, 0.5) is 10.7 Å². The Kier molecular flexibility index (Phi) is 12.4. The molecule has 0 fully saturated rings. The number of hydrogen-bond acceptors (Lipinski definition) is 10. The molecule has 6 rings (SSSR count). The summed E-state index contributed by atoms with van der Waals surface area (Å²) >= 11 is 0. The maximum absolute atomic E-state index is 14.3. The number of anilines is 1. The van der Waals surface area contributed by atoms with Crippen molar-refractivity contribution < 1.29 is 29.1 Å². The number of carboxylic acid groups (broad SMARTS) is 1. The van der Waals surface area contributed by atoms with E-state index in [9.17, 15) is 24.6 Å². The normalized spacial score (nSPS) is 12.8. The fourth-order valence-corrected chi connectivity index (χ4v) is 6.58. The number of nitrogen functional groups attached to an aromatic ring is 1. The second kappa shape index (κ2) is 17.9. The van der Waals surface area contributed by atoms with E-state index in [-0.39, 0.29) is 30.9 Å². The molecular formula is C40H44N10O6. The standard InChI is InChI=1S/C40H44N10O6/c1-24-17-30(51)18-25(2)31(24)21-33(45-36(52)32(47-40(54)55)9-6-15-50-16-14-43-39(50)41)37(53)46-34(20-29-22-42-23-44-29)38-48-35(49-56-38)19-26-10-12-28(13-11-26)27-7-4-3-5-8-27/h3-5,7-8,10-14,16-18,22-23,32-34,47,51H,6,9,15,19-21H2,1-2H3,(H2,41,43)(H,42,44)(H,45,52)(H,46,53)(H,54,55). The second-order valence-electron chi connectivity index (χ2n) is 13.6. The molecule has 0 saturated carbocycles. The van der Waals surface area contributed by atoms with Gasteiger partial charge in [-0.1, -0.05) is 59.8 Å². The first-order chi connectivity index (χ1) is 27.0. The summed E-state index contributed by atoms with van der Waals surface area (Å²) in [6.45, 7) is 3.99. The molecule has 0 aliphatic heterocycles. The van der Waals surface area contributed by atoms with Crippen molar-refractivity contribution in [1.29, 1.82) is 0 Å². The summed E-state index contributed by atoms with van der Waals surface area (Å²) in [6.07, 6.45) is 6.14. The molecule has 3 unspecified atom stereocenters. The van der Waals surface area contributed by atoms with E-state index in [4.69, 9.17) is 10.3 Å². The van der Waals surface area contributed by atoms with Gasteiger partial charge in [-0.25, -0.2) is 14.8 Å². The quantitative estimate of drug-likeness (QED) is 0.0688. The lowest BCUT2D eigenvalue weighted by Crippen LogP contribution is -2.55. The number of nitrogens with two attached hydrogens (primary N) is 1. The molecule has 3 aromatic heterocycles. The van der Waals surface area contributed by atoms with Crippen molar-refractivity contribution in [2.24, 2.45) is 0 Å². The van der Waals surface area contributed by atoms with E-state index >= 15 is 0 Å². The van der Waals surface area contributed by atoms with Crippen LogP contribution in [0.25, 0.3) is 11.1 Å². The highest BCUT2D eigenvalue weighted by Gasteiger charge is 2.31. The van der Waals surface area contributed by atoms with E-state index < -0.39 is 36.0 Å². The predicted octanol–water partition coefficient (Wildman–Crippen LogP) is 4.40. The van der Waals surface area contributed by atoms with Crippen molar-refractivity contribution in [2.45, 2.75) is 70.6 Å². The first kappa shape index (κ1) is 38.7. The van der Waals surface area contributed by atoms with Crippen LogP contribution in [0.1, 0.15) is 58.5 Å². The Hall–Kier alpha value is -6.97. The third kappa shape index (κ3) is 10.2. The van der Waals surface area contributed by atoms with Crippen molar-refractivity contribution in [1.82, 2.24) is 45.6 Å². The van der Waals surface area contributed by atoms with E-state index in [0.717, 1.165) is 22.3 Å². The highest BCUT2D eigenvalue weighted by Crippen LogP contribution is 2.24. The summed E-state index contributed by atoms with van der Waals surface area (Å²) in [7, 11) is 0. The number of carbonyl (C=O) groups is 3. The molecule has 16 nitrogen and oxygen atoms in total. The summed E-state index contributed by atoms with van der Waals surface area (Å²) in [5.41, 5.74) is 11.8. The molecule has 290 valence electrons. The largest absolute Gasteiger partial charge is 0.508 e. The van der Waals surface area contributed by atoms with Crippen LogP contribution < -0.4 is 21.7 Å². The number of aryl methyl sites for hydroxylation is 3.